The molecule has 0 unspecified atom stereocenters. The maximum Gasteiger partial charge on any atom is 0.244 e. The van der Waals surface area contributed by atoms with Crippen molar-refractivity contribution in [1.82, 2.24) is 24.8 Å². The third kappa shape index (κ3) is 3.55. The van der Waals surface area contributed by atoms with Crippen LogP contribution in [-0.2, 0) is 17.9 Å². The van der Waals surface area contributed by atoms with Crippen LogP contribution in [0.3, 0.4) is 0 Å². The third-order valence-electron chi connectivity index (χ3n) is 3.67. The van der Waals surface area contributed by atoms with E-state index in [9.17, 15) is 4.79 Å². The molecule has 20 heavy (non-hydrogen) atoms. The van der Waals surface area contributed by atoms with Crippen LogP contribution in [0.1, 0.15) is 26.5 Å². The molecule has 1 aliphatic rings. The Morgan fingerprint density at radius 1 is 1.30 bits per heavy atom. The lowest BCUT2D eigenvalue weighted by atomic mass is 10.1. The predicted octanol–water partition coefficient (Wildman–Crippen LogP) is -0.320. The van der Waals surface area contributed by atoms with E-state index in [1.54, 1.807) is 10.9 Å². The largest absolute Gasteiger partial charge is 0.339 e. The molecular formula is C13H24N6O. The summed E-state index contributed by atoms with van der Waals surface area (Å²) in [5.74, 6) is 0.0898. The zero-order chi connectivity index (χ0) is 14.8. The smallest absolute Gasteiger partial charge is 0.244 e. The van der Waals surface area contributed by atoms with Crippen molar-refractivity contribution in [3.8, 4) is 0 Å². The Balaban J connectivity index is 1.86. The molecule has 0 aromatic carbocycles. The van der Waals surface area contributed by atoms with Crippen LogP contribution in [0.15, 0.2) is 6.20 Å². The maximum atomic E-state index is 12.2. The second kappa shape index (κ2) is 5.88. The summed E-state index contributed by atoms with van der Waals surface area (Å²) in [4.78, 5) is 16.5. The SMILES string of the molecule is CC(C)(C)N1CCN(C(=O)Cn2cc(CN)nn2)CC1. The van der Waals surface area contributed by atoms with Crippen LogP contribution in [0.5, 0.6) is 0 Å². The number of carbonyl (C=O) groups is 1. The van der Waals surface area contributed by atoms with Gasteiger partial charge in [-0.2, -0.15) is 0 Å². The molecule has 0 atom stereocenters. The summed E-state index contributed by atoms with van der Waals surface area (Å²) in [6.45, 7) is 10.6. The molecule has 1 aliphatic heterocycles. The average molecular weight is 280 g/mol. The van der Waals surface area contributed by atoms with Crippen molar-refractivity contribution >= 4 is 5.91 Å². The van der Waals surface area contributed by atoms with Crippen LogP contribution in [0, 0.1) is 0 Å². The second-order valence-corrected chi connectivity index (χ2v) is 6.15. The van der Waals surface area contributed by atoms with E-state index in [2.05, 4.69) is 36.0 Å². The van der Waals surface area contributed by atoms with Crippen molar-refractivity contribution < 1.29 is 4.79 Å². The van der Waals surface area contributed by atoms with E-state index in [0.29, 0.717) is 12.2 Å². The Hall–Kier alpha value is -1.47. The standard InChI is InChI=1S/C13H24N6O/c1-13(2,3)18-6-4-17(5-7-18)12(20)10-19-9-11(8-14)15-16-19/h9H,4-8,10,14H2,1-3H3. The molecule has 0 saturated carbocycles. The van der Waals surface area contributed by atoms with Crippen molar-refractivity contribution in [1.29, 1.82) is 0 Å². The Kier molecular flexibility index (Phi) is 4.39. The number of carbonyl (C=O) groups excluding carboxylic acids is 1. The molecule has 0 spiro atoms. The zero-order valence-corrected chi connectivity index (χ0v) is 12.5. The first kappa shape index (κ1) is 14.9. The molecule has 1 aromatic heterocycles. The van der Waals surface area contributed by atoms with Crippen molar-refractivity contribution in [2.24, 2.45) is 5.73 Å². The van der Waals surface area contributed by atoms with Gasteiger partial charge in [-0.25, -0.2) is 4.68 Å². The molecular weight excluding hydrogens is 256 g/mol. The number of rotatable bonds is 3. The molecule has 1 aromatic rings. The number of nitrogens with two attached hydrogens (primary N) is 1. The van der Waals surface area contributed by atoms with E-state index in [1.165, 1.54) is 0 Å². The van der Waals surface area contributed by atoms with Gasteiger partial charge in [-0.15, -0.1) is 5.10 Å². The summed E-state index contributed by atoms with van der Waals surface area (Å²) >= 11 is 0. The maximum absolute atomic E-state index is 12.2. The number of hydrogen-bond acceptors (Lipinski definition) is 5. The lowest BCUT2D eigenvalue weighted by Gasteiger charge is -2.42. The van der Waals surface area contributed by atoms with Gasteiger partial charge in [0.1, 0.15) is 6.54 Å². The number of piperazine rings is 1. The molecule has 0 radical (unpaired) electrons. The minimum atomic E-state index is 0.0898. The van der Waals surface area contributed by atoms with Crippen LogP contribution >= 0.6 is 0 Å². The van der Waals surface area contributed by atoms with Crippen LogP contribution in [0.4, 0.5) is 0 Å². The average Bonchev–Trinajstić information content (AvgIpc) is 2.85. The van der Waals surface area contributed by atoms with Gasteiger partial charge in [0.15, 0.2) is 0 Å². The molecule has 7 nitrogen and oxygen atoms in total. The molecule has 7 heteroatoms. The molecule has 112 valence electrons. The fraction of sp³-hybridized carbons (Fsp3) is 0.769. The normalized spacial score (nSPS) is 17.5. The van der Waals surface area contributed by atoms with E-state index >= 15 is 0 Å². The lowest BCUT2D eigenvalue weighted by Crippen LogP contribution is -2.55. The molecule has 1 amide bonds. The fourth-order valence-corrected chi connectivity index (χ4v) is 2.37. The van der Waals surface area contributed by atoms with Gasteiger partial charge in [-0.1, -0.05) is 5.21 Å². The van der Waals surface area contributed by atoms with Crippen molar-refractivity contribution in [3.05, 3.63) is 11.9 Å². The molecule has 2 heterocycles. The Bertz CT molecular complexity index is 456. The van der Waals surface area contributed by atoms with Gasteiger partial charge in [-0.3, -0.25) is 9.69 Å². The summed E-state index contributed by atoms with van der Waals surface area (Å²) in [6, 6.07) is 0. The van der Waals surface area contributed by atoms with Crippen LogP contribution in [-0.4, -0.2) is 62.4 Å². The Morgan fingerprint density at radius 2 is 1.95 bits per heavy atom. The zero-order valence-electron chi connectivity index (χ0n) is 12.5. The Morgan fingerprint density at radius 3 is 2.45 bits per heavy atom. The first-order chi connectivity index (χ1) is 9.40. The van der Waals surface area contributed by atoms with Crippen molar-refractivity contribution in [2.75, 3.05) is 26.2 Å². The van der Waals surface area contributed by atoms with E-state index in [-0.39, 0.29) is 18.0 Å². The number of amides is 1. The minimum absolute atomic E-state index is 0.0898. The predicted molar refractivity (Wildman–Crippen MR) is 75.8 cm³/mol. The van der Waals surface area contributed by atoms with Crippen LogP contribution < -0.4 is 5.73 Å². The summed E-state index contributed by atoms with van der Waals surface area (Å²) in [6.07, 6.45) is 1.73. The molecule has 0 bridgehead atoms. The highest BCUT2D eigenvalue weighted by Gasteiger charge is 2.27. The van der Waals surface area contributed by atoms with E-state index in [0.717, 1.165) is 26.2 Å². The minimum Gasteiger partial charge on any atom is -0.339 e. The van der Waals surface area contributed by atoms with E-state index in [4.69, 9.17) is 5.73 Å². The highest BCUT2D eigenvalue weighted by atomic mass is 16.2. The second-order valence-electron chi connectivity index (χ2n) is 6.15. The van der Waals surface area contributed by atoms with Gasteiger partial charge < -0.3 is 10.6 Å². The molecule has 2 N–H and O–H groups in total. The molecule has 0 aliphatic carbocycles. The van der Waals surface area contributed by atoms with Gasteiger partial charge in [0.2, 0.25) is 5.91 Å². The quantitative estimate of drug-likeness (QED) is 0.821. The molecule has 1 fully saturated rings. The lowest BCUT2D eigenvalue weighted by molar-refractivity contribution is -0.134. The number of aromatic nitrogens is 3. The van der Waals surface area contributed by atoms with Gasteiger partial charge in [0.25, 0.3) is 0 Å². The monoisotopic (exact) mass is 280 g/mol. The third-order valence-corrected chi connectivity index (χ3v) is 3.67. The first-order valence-corrected chi connectivity index (χ1v) is 7.02. The highest BCUT2D eigenvalue weighted by molar-refractivity contribution is 5.76. The first-order valence-electron chi connectivity index (χ1n) is 7.02. The highest BCUT2D eigenvalue weighted by Crippen LogP contribution is 2.15. The van der Waals surface area contributed by atoms with E-state index in [1.807, 2.05) is 4.90 Å². The number of nitrogens with zero attached hydrogens (tertiary/aromatic N) is 5. The van der Waals surface area contributed by atoms with Gasteiger partial charge in [-0.05, 0) is 20.8 Å². The van der Waals surface area contributed by atoms with Gasteiger partial charge in [0.05, 0.1) is 11.9 Å². The van der Waals surface area contributed by atoms with Crippen LogP contribution in [0.2, 0.25) is 0 Å². The summed E-state index contributed by atoms with van der Waals surface area (Å²) in [5.41, 5.74) is 6.34. The summed E-state index contributed by atoms with van der Waals surface area (Å²) in [7, 11) is 0. The van der Waals surface area contributed by atoms with Crippen LogP contribution in [0.25, 0.3) is 0 Å². The molecule has 2 rings (SSSR count). The van der Waals surface area contributed by atoms with Crippen molar-refractivity contribution in [2.45, 2.75) is 39.4 Å². The molecule has 1 saturated heterocycles. The van der Waals surface area contributed by atoms with Gasteiger partial charge in [0, 0.05) is 38.3 Å². The summed E-state index contributed by atoms with van der Waals surface area (Å²) in [5, 5.41) is 7.79. The summed E-state index contributed by atoms with van der Waals surface area (Å²) < 4.78 is 1.56. The topological polar surface area (TPSA) is 80.3 Å². The number of hydrogen-bond donors (Lipinski definition) is 1. The van der Waals surface area contributed by atoms with Gasteiger partial charge >= 0.3 is 0 Å². The fourth-order valence-electron chi connectivity index (χ4n) is 2.37. The Labute approximate surface area is 119 Å². The van der Waals surface area contributed by atoms with E-state index < -0.39 is 0 Å². The van der Waals surface area contributed by atoms with Crippen molar-refractivity contribution in [3.63, 3.8) is 0 Å².